The lowest BCUT2D eigenvalue weighted by atomic mass is 9.54. The van der Waals surface area contributed by atoms with Crippen molar-refractivity contribution >= 4 is 25.7 Å². The number of fused-ring (bicyclic) bond motifs is 1. The maximum Gasteiger partial charge on any atom is 0.248 e. The summed E-state index contributed by atoms with van der Waals surface area (Å²) in [4.78, 5) is 24.8. The van der Waals surface area contributed by atoms with Crippen molar-refractivity contribution in [1.29, 1.82) is 0 Å². The summed E-state index contributed by atoms with van der Waals surface area (Å²) in [6, 6.07) is 6.85. The van der Waals surface area contributed by atoms with Crippen molar-refractivity contribution in [3.8, 4) is 0 Å². The van der Waals surface area contributed by atoms with Gasteiger partial charge in [0.15, 0.2) is 0 Å². The van der Waals surface area contributed by atoms with Gasteiger partial charge in [0.1, 0.15) is 6.29 Å². The molecule has 1 amide bonds. The number of aldehydes is 1. The molecular weight excluding hydrogens is 303 g/mol. The molecule has 0 aromatic heterocycles. The van der Waals surface area contributed by atoms with E-state index in [1.165, 1.54) is 0 Å². The quantitative estimate of drug-likeness (QED) is 0.479. The minimum Gasteiger partial charge on any atom is -0.394 e. The van der Waals surface area contributed by atoms with Crippen LogP contribution in [-0.2, 0) is 4.79 Å². The predicted octanol–water partition coefficient (Wildman–Crippen LogP) is 0.931. The smallest absolute Gasteiger partial charge is 0.248 e. The lowest BCUT2D eigenvalue weighted by molar-refractivity contribution is -0.112. The number of allylic oxidation sites excluding steroid dienone is 1. The van der Waals surface area contributed by atoms with Crippen molar-refractivity contribution < 1.29 is 14.7 Å². The van der Waals surface area contributed by atoms with Gasteiger partial charge in [-0.1, -0.05) is 19.1 Å². The van der Waals surface area contributed by atoms with Crippen LogP contribution >= 0.6 is 0 Å². The summed E-state index contributed by atoms with van der Waals surface area (Å²) in [6.45, 7) is 1.65. The Kier molecular flexibility index (Phi) is 3.83. The van der Waals surface area contributed by atoms with Crippen molar-refractivity contribution in [2.75, 3.05) is 18.6 Å². The number of carbonyl (C=O) groups excluding carboxylic acids is 2. The highest BCUT2D eigenvalue weighted by molar-refractivity contribution is 6.18. The number of nitrogens with zero attached hydrogens (tertiary/aromatic N) is 1. The first-order valence-corrected chi connectivity index (χ1v) is 7.98. The van der Waals surface area contributed by atoms with E-state index < -0.39 is 16.8 Å². The van der Waals surface area contributed by atoms with Crippen LogP contribution in [-0.4, -0.2) is 44.3 Å². The number of likely N-dealkylation sites (N-methyl/N-ethyl adjacent to an activating group) is 1. The number of nitrogens with two attached hydrogens (primary N) is 1. The number of hydrogen-bond acceptors (Lipinski definition) is 4. The molecule has 24 heavy (non-hydrogen) atoms. The Labute approximate surface area is 142 Å². The Hall–Kier alpha value is -2.08. The molecular formula is C18H21BN2O3. The van der Waals surface area contributed by atoms with E-state index in [2.05, 4.69) is 0 Å². The lowest BCUT2D eigenvalue weighted by Crippen LogP contribution is -2.60. The molecule has 5 atom stereocenters. The van der Waals surface area contributed by atoms with Gasteiger partial charge in [0.05, 0.1) is 20.0 Å². The molecule has 0 heterocycles. The molecule has 3 N–H and O–H groups in total. The zero-order valence-corrected chi connectivity index (χ0v) is 13.8. The standard InChI is InChI=1S/C18H21BN2O3/c1-17(19)15(9-22)13-7-8-14(13)18(17,10-23)21(2)12-5-3-11(4-6-12)16(20)24/h3-9,13-15,23H,10H2,1-2H3,(H2,20,24)/t13?,14?,15-,17?,18?/m1/s1. The van der Waals surface area contributed by atoms with Gasteiger partial charge in [-0.3, -0.25) is 4.79 Å². The van der Waals surface area contributed by atoms with Gasteiger partial charge in [-0.05, 0) is 35.5 Å². The zero-order valence-electron chi connectivity index (χ0n) is 13.8. The molecule has 1 fully saturated rings. The molecule has 5 nitrogen and oxygen atoms in total. The Morgan fingerprint density at radius 2 is 2.00 bits per heavy atom. The molecule has 1 saturated carbocycles. The first-order valence-electron chi connectivity index (χ1n) is 7.98. The fourth-order valence-electron chi connectivity index (χ4n) is 4.50. The van der Waals surface area contributed by atoms with Crippen molar-refractivity contribution in [3.05, 3.63) is 42.0 Å². The van der Waals surface area contributed by atoms with Crippen LogP contribution in [0.15, 0.2) is 36.4 Å². The van der Waals surface area contributed by atoms with E-state index in [-0.39, 0.29) is 24.4 Å². The number of amides is 1. The SMILES string of the molecule is [B]C1(C)[C@H](C=O)C2C=CC2C1(CO)N(C)c1ccc(C(N)=O)cc1. The van der Waals surface area contributed by atoms with Crippen LogP contribution in [0.2, 0.25) is 5.31 Å². The van der Waals surface area contributed by atoms with Crippen LogP contribution in [0, 0.1) is 17.8 Å². The van der Waals surface area contributed by atoms with Gasteiger partial charge in [0.25, 0.3) is 0 Å². The highest BCUT2D eigenvalue weighted by atomic mass is 16.3. The molecule has 0 saturated heterocycles. The number of aliphatic hydroxyl groups is 1. The molecule has 0 aliphatic heterocycles. The zero-order chi connectivity index (χ0) is 17.7. The molecule has 3 rings (SSSR count). The van der Waals surface area contributed by atoms with E-state index in [4.69, 9.17) is 13.6 Å². The Bertz CT molecular complexity index is 701. The summed E-state index contributed by atoms with van der Waals surface area (Å²) < 4.78 is 0. The van der Waals surface area contributed by atoms with Gasteiger partial charge >= 0.3 is 0 Å². The largest absolute Gasteiger partial charge is 0.394 e. The van der Waals surface area contributed by atoms with E-state index in [1.54, 1.807) is 24.3 Å². The van der Waals surface area contributed by atoms with Crippen molar-refractivity contribution in [3.63, 3.8) is 0 Å². The van der Waals surface area contributed by atoms with Gasteiger partial charge in [-0.25, -0.2) is 0 Å². The van der Waals surface area contributed by atoms with Crippen LogP contribution in [0.4, 0.5) is 5.69 Å². The monoisotopic (exact) mass is 324 g/mol. The molecule has 2 aliphatic carbocycles. The Morgan fingerprint density at radius 3 is 2.38 bits per heavy atom. The second-order valence-electron chi connectivity index (χ2n) is 6.99. The van der Waals surface area contributed by atoms with Gasteiger partial charge in [0.2, 0.25) is 5.91 Å². The maximum atomic E-state index is 11.6. The van der Waals surface area contributed by atoms with E-state index in [9.17, 15) is 14.7 Å². The summed E-state index contributed by atoms with van der Waals surface area (Å²) in [6.07, 6.45) is 4.92. The number of rotatable bonds is 5. The molecule has 4 unspecified atom stereocenters. The molecule has 124 valence electrons. The Balaban J connectivity index is 2.05. The number of benzene rings is 1. The first-order chi connectivity index (χ1) is 11.3. The molecule has 6 heteroatoms. The third-order valence-corrected chi connectivity index (χ3v) is 6.07. The van der Waals surface area contributed by atoms with Crippen LogP contribution in [0.1, 0.15) is 17.3 Å². The summed E-state index contributed by atoms with van der Waals surface area (Å²) in [5, 5.41) is 9.41. The average molecular weight is 324 g/mol. The molecule has 2 aliphatic rings. The molecule has 0 spiro atoms. The number of anilines is 1. The number of primary amides is 1. The fourth-order valence-corrected chi connectivity index (χ4v) is 4.50. The number of carbonyl (C=O) groups is 2. The second kappa shape index (κ2) is 5.48. The van der Waals surface area contributed by atoms with Crippen LogP contribution in [0.5, 0.6) is 0 Å². The normalized spacial score (nSPS) is 36.7. The highest BCUT2D eigenvalue weighted by Gasteiger charge is 2.66. The minimum atomic E-state index is -0.903. The first kappa shape index (κ1) is 16.8. The lowest BCUT2D eigenvalue weighted by Gasteiger charge is -2.52. The van der Waals surface area contributed by atoms with Crippen molar-refractivity contribution in [1.82, 2.24) is 0 Å². The summed E-state index contributed by atoms with van der Waals surface area (Å²) in [5.74, 6) is -0.814. The summed E-state index contributed by atoms with van der Waals surface area (Å²) in [5.41, 5.74) is 5.70. The number of hydrogen-bond donors (Lipinski definition) is 2. The van der Waals surface area contributed by atoms with E-state index >= 15 is 0 Å². The van der Waals surface area contributed by atoms with Crippen molar-refractivity contribution in [2.45, 2.75) is 17.8 Å². The summed E-state index contributed by atoms with van der Waals surface area (Å²) in [7, 11) is 8.47. The molecule has 2 radical (unpaired) electrons. The Morgan fingerprint density at radius 1 is 1.38 bits per heavy atom. The van der Waals surface area contributed by atoms with E-state index in [0.29, 0.717) is 5.56 Å². The van der Waals surface area contributed by atoms with Crippen molar-refractivity contribution in [2.24, 2.45) is 23.5 Å². The average Bonchev–Trinajstić information content (AvgIpc) is 2.67. The second-order valence-corrected chi connectivity index (χ2v) is 6.99. The van der Waals surface area contributed by atoms with Crippen LogP contribution in [0.3, 0.4) is 0 Å². The molecule has 0 bridgehead atoms. The topological polar surface area (TPSA) is 83.6 Å². The third-order valence-electron chi connectivity index (χ3n) is 6.07. The summed E-state index contributed by atoms with van der Waals surface area (Å²) >= 11 is 0. The molecule has 1 aromatic rings. The predicted molar refractivity (Wildman–Crippen MR) is 93.0 cm³/mol. The van der Waals surface area contributed by atoms with E-state index in [0.717, 1.165) is 12.0 Å². The van der Waals surface area contributed by atoms with Crippen LogP contribution in [0.25, 0.3) is 0 Å². The number of aliphatic hydroxyl groups excluding tert-OH is 1. The van der Waals surface area contributed by atoms with Gasteiger partial charge in [-0.2, -0.15) is 0 Å². The highest BCUT2D eigenvalue weighted by Crippen LogP contribution is 2.65. The fraction of sp³-hybridized carbons (Fsp3) is 0.444. The van der Waals surface area contributed by atoms with Crippen LogP contribution < -0.4 is 10.6 Å². The van der Waals surface area contributed by atoms with Gasteiger partial charge < -0.3 is 20.5 Å². The maximum absolute atomic E-state index is 11.6. The third kappa shape index (κ3) is 1.92. The molecule has 1 aromatic carbocycles. The van der Waals surface area contributed by atoms with Gasteiger partial charge in [-0.15, -0.1) is 0 Å². The van der Waals surface area contributed by atoms with E-state index in [1.807, 2.05) is 31.0 Å². The minimum absolute atomic E-state index is 0.00600. The van der Waals surface area contributed by atoms with Gasteiger partial charge in [0, 0.05) is 30.1 Å².